The number of piperidine rings is 1. The molecule has 5 heteroatoms. The maximum absolute atomic E-state index is 12.2. The van der Waals surface area contributed by atoms with Crippen molar-refractivity contribution < 1.29 is 5.11 Å². The van der Waals surface area contributed by atoms with Gasteiger partial charge in [0.05, 0.1) is 11.7 Å². The minimum absolute atomic E-state index is 0.0494. The van der Waals surface area contributed by atoms with E-state index >= 15 is 0 Å². The summed E-state index contributed by atoms with van der Waals surface area (Å²) in [6.45, 7) is 4.03. The average molecular weight is 261 g/mol. The van der Waals surface area contributed by atoms with E-state index in [2.05, 4.69) is 16.8 Å². The molecule has 2 aromatic rings. The first-order valence-corrected chi connectivity index (χ1v) is 6.88. The van der Waals surface area contributed by atoms with Gasteiger partial charge in [0.1, 0.15) is 11.3 Å². The zero-order valence-electron chi connectivity index (χ0n) is 11.1. The zero-order valence-corrected chi connectivity index (χ0v) is 11.1. The van der Waals surface area contributed by atoms with E-state index in [9.17, 15) is 9.90 Å². The lowest BCUT2D eigenvalue weighted by molar-refractivity contribution is 0.102. The fraction of sp³-hybridized carbons (Fsp3) is 0.500. The Kier molecular flexibility index (Phi) is 3.06. The Morgan fingerprint density at radius 3 is 3.05 bits per heavy atom. The number of para-hydroxylation sites is 1. The Bertz CT molecular complexity index is 644. The van der Waals surface area contributed by atoms with Crippen molar-refractivity contribution in [3.05, 3.63) is 28.7 Å². The van der Waals surface area contributed by atoms with Gasteiger partial charge in [-0.3, -0.25) is 9.47 Å². The predicted molar refractivity (Wildman–Crippen MR) is 74.4 cm³/mol. The van der Waals surface area contributed by atoms with Crippen LogP contribution in [0.2, 0.25) is 0 Å². The molecule has 2 N–H and O–H groups in total. The number of nitrogens with zero attached hydrogens (tertiary/aromatic N) is 2. The molecule has 0 amide bonds. The van der Waals surface area contributed by atoms with Crippen LogP contribution in [0.15, 0.2) is 23.0 Å². The Labute approximate surface area is 111 Å². The molecule has 1 atom stereocenters. The first-order valence-electron chi connectivity index (χ1n) is 6.88. The number of aromatic amines is 1. The number of fused-ring (bicyclic) bond motifs is 1. The van der Waals surface area contributed by atoms with Gasteiger partial charge in [0.15, 0.2) is 0 Å². The van der Waals surface area contributed by atoms with Crippen LogP contribution in [0, 0.1) is 0 Å². The molecule has 0 aliphatic carbocycles. The second-order valence-electron chi connectivity index (χ2n) is 5.08. The highest BCUT2D eigenvalue weighted by atomic mass is 16.3. The Morgan fingerprint density at radius 1 is 1.42 bits per heavy atom. The van der Waals surface area contributed by atoms with E-state index in [-0.39, 0.29) is 17.6 Å². The van der Waals surface area contributed by atoms with Gasteiger partial charge in [-0.15, -0.1) is 0 Å². The molecule has 1 aromatic carbocycles. The van der Waals surface area contributed by atoms with E-state index in [1.165, 1.54) is 6.42 Å². The monoisotopic (exact) mass is 261 g/mol. The molecule has 1 aliphatic rings. The fourth-order valence-electron chi connectivity index (χ4n) is 3.08. The molecule has 102 valence electrons. The molecule has 0 spiro atoms. The molecular weight excluding hydrogens is 242 g/mol. The van der Waals surface area contributed by atoms with Gasteiger partial charge in [-0.05, 0) is 37.9 Å². The molecule has 0 radical (unpaired) electrons. The summed E-state index contributed by atoms with van der Waals surface area (Å²) in [7, 11) is 0. The highest BCUT2D eigenvalue weighted by Crippen LogP contribution is 2.30. The first kappa shape index (κ1) is 12.3. The zero-order chi connectivity index (χ0) is 13.4. The highest BCUT2D eigenvalue weighted by molar-refractivity contribution is 5.81. The predicted octanol–water partition coefficient (Wildman–Crippen LogP) is 2.04. The van der Waals surface area contributed by atoms with E-state index < -0.39 is 0 Å². The van der Waals surface area contributed by atoms with Crippen LogP contribution in [0.25, 0.3) is 11.0 Å². The topological polar surface area (TPSA) is 61.3 Å². The quantitative estimate of drug-likeness (QED) is 0.869. The minimum Gasteiger partial charge on any atom is -0.506 e. The lowest BCUT2D eigenvalue weighted by Gasteiger charge is -2.35. The van der Waals surface area contributed by atoms with Gasteiger partial charge in [-0.1, -0.05) is 13.0 Å². The van der Waals surface area contributed by atoms with Gasteiger partial charge in [0.2, 0.25) is 0 Å². The standard InChI is InChI=1S/C14H19N3O2/c1-2-16-9-4-3-8-12(16)17-13-10(15-14(17)19)6-5-7-11(13)18/h5-7,12,18H,2-4,8-9H2,1H3,(H,15,19). The number of likely N-dealkylation sites (tertiary alicyclic amines) is 1. The number of aromatic nitrogens is 2. The summed E-state index contributed by atoms with van der Waals surface area (Å²) in [5.74, 6) is 0.164. The van der Waals surface area contributed by atoms with Gasteiger partial charge in [0.25, 0.3) is 0 Å². The molecule has 2 heterocycles. The van der Waals surface area contributed by atoms with Crippen molar-refractivity contribution in [1.29, 1.82) is 0 Å². The molecular formula is C14H19N3O2. The van der Waals surface area contributed by atoms with Crippen LogP contribution in [-0.2, 0) is 0 Å². The van der Waals surface area contributed by atoms with Crippen LogP contribution in [0.5, 0.6) is 5.75 Å². The molecule has 0 bridgehead atoms. The van der Waals surface area contributed by atoms with E-state index in [4.69, 9.17) is 0 Å². The second-order valence-corrected chi connectivity index (χ2v) is 5.08. The fourth-order valence-corrected chi connectivity index (χ4v) is 3.08. The molecule has 1 fully saturated rings. The Morgan fingerprint density at radius 2 is 2.26 bits per heavy atom. The number of rotatable bonds is 2. The largest absolute Gasteiger partial charge is 0.506 e. The van der Waals surface area contributed by atoms with E-state index in [0.717, 1.165) is 25.9 Å². The molecule has 0 saturated carbocycles. The number of imidazole rings is 1. The van der Waals surface area contributed by atoms with Crippen LogP contribution < -0.4 is 5.69 Å². The number of aromatic hydroxyl groups is 1. The maximum Gasteiger partial charge on any atom is 0.327 e. The summed E-state index contributed by atoms with van der Waals surface area (Å²) in [6.07, 6.45) is 3.30. The van der Waals surface area contributed by atoms with Gasteiger partial charge in [-0.25, -0.2) is 4.79 Å². The molecule has 1 unspecified atom stereocenters. The van der Waals surface area contributed by atoms with Gasteiger partial charge < -0.3 is 10.1 Å². The van der Waals surface area contributed by atoms with Crippen molar-refractivity contribution >= 4 is 11.0 Å². The van der Waals surface area contributed by atoms with Crippen LogP contribution in [0.4, 0.5) is 0 Å². The van der Waals surface area contributed by atoms with Crippen LogP contribution >= 0.6 is 0 Å². The van der Waals surface area contributed by atoms with E-state index in [0.29, 0.717) is 11.0 Å². The van der Waals surface area contributed by atoms with Gasteiger partial charge >= 0.3 is 5.69 Å². The third-order valence-electron chi connectivity index (χ3n) is 4.00. The number of hydrogen-bond donors (Lipinski definition) is 2. The number of hydrogen-bond acceptors (Lipinski definition) is 3. The van der Waals surface area contributed by atoms with Gasteiger partial charge in [-0.2, -0.15) is 0 Å². The van der Waals surface area contributed by atoms with E-state index in [1.807, 2.05) is 6.07 Å². The summed E-state index contributed by atoms with van der Waals surface area (Å²) >= 11 is 0. The van der Waals surface area contributed by atoms with Crippen molar-refractivity contribution in [2.75, 3.05) is 13.1 Å². The lowest BCUT2D eigenvalue weighted by atomic mass is 10.1. The molecule has 5 nitrogen and oxygen atoms in total. The minimum atomic E-state index is -0.137. The van der Waals surface area contributed by atoms with Crippen LogP contribution in [0.1, 0.15) is 32.4 Å². The van der Waals surface area contributed by atoms with Crippen molar-refractivity contribution in [3.8, 4) is 5.75 Å². The average Bonchev–Trinajstić information content (AvgIpc) is 2.76. The SMILES string of the molecule is CCN1CCCCC1n1c(=O)[nH]c2cccc(O)c21. The summed E-state index contributed by atoms with van der Waals surface area (Å²) in [4.78, 5) is 17.3. The van der Waals surface area contributed by atoms with Crippen molar-refractivity contribution in [2.45, 2.75) is 32.4 Å². The third-order valence-corrected chi connectivity index (χ3v) is 4.00. The maximum atomic E-state index is 12.2. The molecule has 1 aliphatic heterocycles. The summed E-state index contributed by atoms with van der Waals surface area (Å²) < 4.78 is 1.72. The Hall–Kier alpha value is -1.75. The highest BCUT2D eigenvalue weighted by Gasteiger charge is 2.26. The third kappa shape index (κ3) is 1.94. The molecule has 3 rings (SSSR count). The summed E-state index contributed by atoms with van der Waals surface area (Å²) in [6, 6.07) is 5.20. The Balaban J connectivity index is 2.18. The van der Waals surface area contributed by atoms with Crippen molar-refractivity contribution in [1.82, 2.24) is 14.5 Å². The summed E-state index contributed by atoms with van der Waals surface area (Å²) in [5.41, 5.74) is 1.19. The number of phenolic OH excluding ortho intramolecular Hbond substituents is 1. The first-order chi connectivity index (χ1) is 9.22. The smallest absolute Gasteiger partial charge is 0.327 e. The summed E-state index contributed by atoms with van der Waals surface area (Å²) in [5, 5.41) is 10.1. The molecule has 19 heavy (non-hydrogen) atoms. The lowest BCUT2D eigenvalue weighted by Crippen LogP contribution is -2.40. The van der Waals surface area contributed by atoms with E-state index in [1.54, 1.807) is 16.7 Å². The number of phenols is 1. The second kappa shape index (κ2) is 4.74. The van der Waals surface area contributed by atoms with Crippen LogP contribution in [0.3, 0.4) is 0 Å². The van der Waals surface area contributed by atoms with Crippen LogP contribution in [-0.4, -0.2) is 32.6 Å². The number of benzene rings is 1. The van der Waals surface area contributed by atoms with Crippen molar-refractivity contribution in [2.24, 2.45) is 0 Å². The number of nitrogens with one attached hydrogen (secondary N) is 1. The number of H-pyrrole nitrogens is 1. The molecule has 1 aromatic heterocycles. The normalized spacial score (nSPS) is 21.0. The van der Waals surface area contributed by atoms with Crippen molar-refractivity contribution in [3.63, 3.8) is 0 Å². The van der Waals surface area contributed by atoms with Gasteiger partial charge in [0, 0.05) is 6.54 Å². The molecule has 1 saturated heterocycles.